The maximum atomic E-state index is 5.41. The highest BCUT2D eigenvalue weighted by molar-refractivity contribution is 7.09. The second-order valence-corrected chi connectivity index (χ2v) is 3.59. The molecule has 5 nitrogen and oxygen atoms in total. The summed E-state index contributed by atoms with van der Waals surface area (Å²) in [6.07, 6.45) is 0.841. The van der Waals surface area contributed by atoms with Crippen molar-refractivity contribution in [1.82, 2.24) is 14.8 Å². The maximum Gasteiger partial charge on any atom is 0.225 e. The van der Waals surface area contributed by atoms with Crippen molar-refractivity contribution in [3.05, 3.63) is 23.7 Å². The van der Waals surface area contributed by atoms with Crippen LogP contribution in [-0.4, -0.2) is 21.3 Å². The highest BCUT2D eigenvalue weighted by Gasteiger charge is 1.99. The summed E-state index contributed by atoms with van der Waals surface area (Å²) in [7, 11) is 0. The van der Waals surface area contributed by atoms with Crippen LogP contribution in [0.2, 0.25) is 0 Å². The Hall–Kier alpha value is -1.43. The Morgan fingerprint density at radius 1 is 1.50 bits per heavy atom. The molecule has 0 aliphatic rings. The van der Waals surface area contributed by atoms with Crippen LogP contribution in [0.15, 0.2) is 16.5 Å². The molecule has 0 amide bonds. The summed E-state index contributed by atoms with van der Waals surface area (Å²) in [4.78, 5) is 0. The predicted octanol–water partition coefficient (Wildman–Crippen LogP) is 1.49. The highest BCUT2D eigenvalue weighted by Crippen LogP contribution is 2.08. The SMILES string of the molecule is Cc1ccc(CCNc2nnns2)o1. The average molecular weight is 210 g/mol. The van der Waals surface area contributed by atoms with Crippen LogP contribution < -0.4 is 5.32 Å². The van der Waals surface area contributed by atoms with E-state index >= 15 is 0 Å². The number of aryl methyl sites for hydroxylation is 1. The summed E-state index contributed by atoms with van der Waals surface area (Å²) in [5.74, 6) is 1.92. The van der Waals surface area contributed by atoms with Crippen LogP contribution in [0.1, 0.15) is 11.5 Å². The van der Waals surface area contributed by atoms with E-state index < -0.39 is 0 Å². The van der Waals surface area contributed by atoms with Crippen molar-refractivity contribution in [1.29, 1.82) is 0 Å². The van der Waals surface area contributed by atoms with E-state index in [0.717, 1.165) is 29.6 Å². The molecule has 2 aromatic rings. The zero-order valence-corrected chi connectivity index (χ0v) is 8.54. The first-order valence-corrected chi connectivity index (χ1v) is 5.06. The van der Waals surface area contributed by atoms with Crippen molar-refractivity contribution < 1.29 is 4.42 Å². The van der Waals surface area contributed by atoms with Gasteiger partial charge >= 0.3 is 0 Å². The minimum atomic E-state index is 0.744. The number of hydrogen-bond donors (Lipinski definition) is 1. The van der Waals surface area contributed by atoms with Crippen molar-refractivity contribution in [2.45, 2.75) is 13.3 Å². The Morgan fingerprint density at radius 3 is 3.07 bits per heavy atom. The Kier molecular flexibility index (Phi) is 2.73. The van der Waals surface area contributed by atoms with Crippen LogP contribution in [0.3, 0.4) is 0 Å². The Bertz CT molecular complexity index is 384. The van der Waals surface area contributed by atoms with Crippen molar-refractivity contribution in [2.75, 3.05) is 11.9 Å². The molecule has 0 spiro atoms. The first-order valence-electron chi connectivity index (χ1n) is 4.29. The van der Waals surface area contributed by atoms with Crippen LogP contribution >= 0.6 is 11.5 Å². The molecule has 2 aromatic heterocycles. The minimum absolute atomic E-state index is 0.744. The first-order chi connectivity index (χ1) is 6.84. The monoisotopic (exact) mass is 210 g/mol. The molecule has 0 aliphatic carbocycles. The van der Waals surface area contributed by atoms with Crippen molar-refractivity contribution in [2.24, 2.45) is 0 Å². The number of aromatic nitrogens is 3. The second-order valence-electron chi connectivity index (χ2n) is 2.86. The normalized spacial score (nSPS) is 10.4. The van der Waals surface area contributed by atoms with Gasteiger partial charge in [-0.05, 0) is 24.3 Å². The molecule has 0 fully saturated rings. The molecule has 0 aromatic carbocycles. The quantitative estimate of drug-likeness (QED) is 0.828. The van der Waals surface area contributed by atoms with Gasteiger partial charge in [-0.15, -0.1) is 0 Å². The minimum Gasteiger partial charge on any atom is -0.466 e. The van der Waals surface area contributed by atoms with E-state index in [1.807, 2.05) is 19.1 Å². The van der Waals surface area contributed by atoms with Gasteiger partial charge in [0.2, 0.25) is 5.13 Å². The lowest BCUT2D eigenvalue weighted by atomic mass is 10.3. The molecule has 0 unspecified atom stereocenters. The zero-order valence-electron chi connectivity index (χ0n) is 7.73. The van der Waals surface area contributed by atoms with Gasteiger partial charge in [-0.25, -0.2) is 0 Å². The van der Waals surface area contributed by atoms with Crippen LogP contribution in [0.5, 0.6) is 0 Å². The van der Waals surface area contributed by atoms with E-state index in [4.69, 9.17) is 4.42 Å². The van der Waals surface area contributed by atoms with Gasteiger partial charge in [0.1, 0.15) is 11.5 Å². The number of furan rings is 1. The topological polar surface area (TPSA) is 63.8 Å². The second kappa shape index (κ2) is 4.19. The molecule has 0 bridgehead atoms. The van der Waals surface area contributed by atoms with Gasteiger partial charge < -0.3 is 9.73 Å². The molecular weight excluding hydrogens is 200 g/mol. The van der Waals surface area contributed by atoms with E-state index in [2.05, 4.69) is 20.1 Å². The summed E-state index contributed by atoms with van der Waals surface area (Å²) in [5.41, 5.74) is 0. The molecule has 74 valence electrons. The summed E-state index contributed by atoms with van der Waals surface area (Å²) in [6, 6.07) is 3.94. The Morgan fingerprint density at radius 2 is 2.43 bits per heavy atom. The zero-order chi connectivity index (χ0) is 9.80. The third kappa shape index (κ3) is 2.29. The van der Waals surface area contributed by atoms with E-state index in [9.17, 15) is 0 Å². The van der Waals surface area contributed by atoms with Crippen LogP contribution in [0, 0.1) is 6.92 Å². The van der Waals surface area contributed by atoms with Crippen LogP contribution in [-0.2, 0) is 6.42 Å². The van der Waals surface area contributed by atoms with E-state index in [1.54, 1.807) is 0 Å². The maximum absolute atomic E-state index is 5.41. The van der Waals surface area contributed by atoms with Gasteiger partial charge in [-0.3, -0.25) is 0 Å². The third-order valence-electron chi connectivity index (χ3n) is 1.74. The summed E-state index contributed by atoms with van der Waals surface area (Å²) in [5, 5.41) is 11.1. The summed E-state index contributed by atoms with van der Waals surface area (Å²) < 4.78 is 9.06. The van der Waals surface area contributed by atoms with E-state index in [0.29, 0.717) is 0 Å². The van der Waals surface area contributed by atoms with Crippen LogP contribution in [0.25, 0.3) is 0 Å². The molecule has 0 atom stereocenters. The number of rotatable bonds is 4. The molecule has 0 saturated heterocycles. The van der Waals surface area contributed by atoms with E-state index in [-0.39, 0.29) is 0 Å². The fourth-order valence-corrected chi connectivity index (χ4v) is 1.50. The van der Waals surface area contributed by atoms with E-state index in [1.165, 1.54) is 11.5 Å². The van der Waals surface area contributed by atoms with Gasteiger partial charge in [0.05, 0.1) is 0 Å². The van der Waals surface area contributed by atoms with Gasteiger partial charge in [-0.2, -0.15) is 0 Å². The van der Waals surface area contributed by atoms with Crippen molar-refractivity contribution >= 4 is 16.7 Å². The lowest BCUT2D eigenvalue weighted by Gasteiger charge is -1.97. The number of nitrogens with one attached hydrogen (secondary N) is 1. The molecule has 0 aliphatic heterocycles. The molecule has 2 heterocycles. The fourth-order valence-electron chi connectivity index (χ4n) is 1.11. The third-order valence-corrected chi connectivity index (χ3v) is 2.30. The summed E-state index contributed by atoms with van der Waals surface area (Å²) >= 11 is 1.25. The van der Waals surface area contributed by atoms with Gasteiger partial charge in [0.25, 0.3) is 0 Å². The molecule has 14 heavy (non-hydrogen) atoms. The number of nitrogens with zero attached hydrogens (tertiary/aromatic N) is 3. The van der Waals surface area contributed by atoms with Gasteiger partial charge in [0.15, 0.2) is 0 Å². The average Bonchev–Trinajstić information content (AvgIpc) is 2.77. The highest BCUT2D eigenvalue weighted by atomic mass is 32.1. The fraction of sp³-hybridized carbons (Fsp3) is 0.375. The molecule has 2 rings (SSSR count). The predicted molar refractivity (Wildman–Crippen MR) is 53.3 cm³/mol. The smallest absolute Gasteiger partial charge is 0.225 e. The Labute approximate surface area is 85.3 Å². The van der Waals surface area contributed by atoms with Crippen LogP contribution in [0.4, 0.5) is 5.13 Å². The largest absolute Gasteiger partial charge is 0.466 e. The molecular formula is C8H10N4OS. The van der Waals surface area contributed by atoms with Crippen molar-refractivity contribution in [3.63, 3.8) is 0 Å². The van der Waals surface area contributed by atoms with Gasteiger partial charge in [0, 0.05) is 24.5 Å². The Balaban J connectivity index is 1.78. The van der Waals surface area contributed by atoms with Gasteiger partial charge in [-0.1, -0.05) is 9.59 Å². The lowest BCUT2D eigenvalue weighted by molar-refractivity contribution is 0.486. The molecule has 0 saturated carbocycles. The first kappa shape index (κ1) is 9.14. The molecule has 6 heteroatoms. The number of anilines is 1. The summed E-state index contributed by atoms with van der Waals surface area (Å²) in [6.45, 7) is 2.72. The number of hydrogen-bond acceptors (Lipinski definition) is 6. The molecule has 1 N–H and O–H groups in total. The lowest BCUT2D eigenvalue weighted by Crippen LogP contribution is -2.03. The molecule has 0 radical (unpaired) electrons. The van der Waals surface area contributed by atoms with Crippen molar-refractivity contribution in [3.8, 4) is 0 Å². The standard InChI is InChI=1S/C8H10N4OS/c1-6-2-3-7(13-6)4-5-9-8-10-11-12-14-8/h2-3H,4-5H2,1H3,(H,9,10,12).